The molecular weight excluding hydrogens is 320 g/mol. The van der Waals surface area contributed by atoms with Crippen LogP contribution in [-0.2, 0) is 17.6 Å². The van der Waals surface area contributed by atoms with Crippen molar-refractivity contribution >= 4 is 5.57 Å². The maximum atomic E-state index is 6.17. The van der Waals surface area contributed by atoms with E-state index in [-0.39, 0.29) is 6.10 Å². The molecule has 3 rings (SSSR count). The Labute approximate surface area is 157 Å². The summed E-state index contributed by atoms with van der Waals surface area (Å²) in [6.07, 6.45) is 5.42. The fourth-order valence-corrected chi connectivity index (χ4v) is 3.61. The molecule has 26 heavy (non-hydrogen) atoms. The molecule has 138 valence electrons. The highest BCUT2D eigenvalue weighted by Gasteiger charge is 2.19. The number of rotatable bonds is 7. The number of ether oxygens (including phenoxy) is 1. The number of hydrogen-bond donors (Lipinski definition) is 1. The Morgan fingerprint density at radius 2 is 1.58 bits per heavy atom. The van der Waals surface area contributed by atoms with Gasteiger partial charge in [0.2, 0.25) is 0 Å². The molecule has 0 heterocycles. The van der Waals surface area contributed by atoms with Crippen LogP contribution in [0.1, 0.15) is 28.7 Å². The molecule has 1 unspecified atom stereocenters. The number of benzene rings is 2. The maximum absolute atomic E-state index is 6.17. The summed E-state index contributed by atoms with van der Waals surface area (Å²) in [5, 5.41) is 0. The van der Waals surface area contributed by atoms with Crippen molar-refractivity contribution in [1.82, 2.24) is 4.90 Å². The molecule has 1 aliphatic carbocycles. The third kappa shape index (κ3) is 4.61. The minimum Gasteiger partial charge on any atom is -0.373 e. The molecule has 0 radical (unpaired) electrons. The number of aryl methyl sites for hydroxylation is 2. The van der Waals surface area contributed by atoms with Crippen LogP contribution in [0.15, 0.2) is 54.6 Å². The lowest BCUT2D eigenvalue weighted by atomic mass is 9.93. The topological polar surface area (TPSA) is 38.5 Å². The lowest BCUT2D eigenvalue weighted by molar-refractivity contribution is 0.0665. The number of nitrogens with two attached hydrogens (primary N) is 1. The van der Waals surface area contributed by atoms with Crippen molar-refractivity contribution in [3.63, 3.8) is 0 Å². The Hall–Kier alpha value is -1.94. The second-order valence-electron chi connectivity index (χ2n) is 7.21. The predicted octanol–water partition coefficient (Wildman–Crippen LogP) is 3.51. The highest BCUT2D eigenvalue weighted by atomic mass is 16.5. The first-order valence-electron chi connectivity index (χ1n) is 9.54. The smallest absolute Gasteiger partial charge is 0.0891 e. The summed E-state index contributed by atoms with van der Waals surface area (Å²) in [6, 6.07) is 17.6. The van der Waals surface area contributed by atoms with Gasteiger partial charge in [-0.15, -0.1) is 0 Å². The van der Waals surface area contributed by atoms with Gasteiger partial charge < -0.3 is 15.4 Å². The molecule has 0 amide bonds. The molecule has 0 bridgehead atoms. The Morgan fingerprint density at radius 3 is 2.12 bits per heavy atom. The first kappa shape index (κ1) is 18.8. The minimum atomic E-state index is 0.0470. The van der Waals surface area contributed by atoms with Crippen LogP contribution < -0.4 is 5.73 Å². The van der Waals surface area contributed by atoms with E-state index in [0.29, 0.717) is 13.2 Å². The quantitative estimate of drug-likeness (QED) is 0.777. The summed E-state index contributed by atoms with van der Waals surface area (Å²) >= 11 is 0. The van der Waals surface area contributed by atoms with Gasteiger partial charge in [0.1, 0.15) is 0 Å². The zero-order chi connectivity index (χ0) is 18.4. The lowest BCUT2D eigenvalue weighted by Gasteiger charge is -2.21. The van der Waals surface area contributed by atoms with E-state index in [9.17, 15) is 0 Å². The number of likely N-dealkylation sites (N-methyl/N-ethyl adjacent to an activating group) is 1. The van der Waals surface area contributed by atoms with Crippen LogP contribution in [0.25, 0.3) is 5.57 Å². The Morgan fingerprint density at radius 1 is 1.00 bits per heavy atom. The van der Waals surface area contributed by atoms with Crippen molar-refractivity contribution < 1.29 is 4.74 Å². The van der Waals surface area contributed by atoms with Gasteiger partial charge in [-0.3, -0.25) is 0 Å². The fourth-order valence-electron chi connectivity index (χ4n) is 3.61. The molecule has 0 saturated carbocycles. The molecule has 2 aromatic carbocycles. The van der Waals surface area contributed by atoms with Gasteiger partial charge in [0.05, 0.1) is 6.10 Å². The monoisotopic (exact) mass is 350 g/mol. The van der Waals surface area contributed by atoms with E-state index in [1.807, 2.05) is 0 Å². The van der Waals surface area contributed by atoms with Crippen molar-refractivity contribution in [2.75, 3.05) is 33.8 Å². The van der Waals surface area contributed by atoms with E-state index in [4.69, 9.17) is 10.5 Å². The zero-order valence-electron chi connectivity index (χ0n) is 15.9. The standard InChI is InChI=1S/C23H30N2O/c1-25(2)17-20(26-15-7-14-24)16-23-21-10-5-3-8-18(21)12-13-19-9-4-6-11-22(19)23/h3-6,8-11,16,20H,7,12-15,17,24H2,1-2H3. The molecule has 1 atom stereocenters. The van der Waals surface area contributed by atoms with Gasteiger partial charge in [0, 0.05) is 13.2 Å². The number of nitrogens with zero attached hydrogens (tertiary/aromatic N) is 1. The molecule has 0 aromatic heterocycles. The first-order valence-corrected chi connectivity index (χ1v) is 9.54. The third-order valence-corrected chi connectivity index (χ3v) is 4.86. The summed E-state index contributed by atoms with van der Waals surface area (Å²) in [6.45, 7) is 2.22. The summed E-state index contributed by atoms with van der Waals surface area (Å²) < 4.78 is 6.17. The second kappa shape index (κ2) is 9.13. The third-order valence-electron chi connectivity index (χ3n) is 4.86. The van der Waals surface area contributed by atoms with Gasteiger partial charge in [0.15, 0.2) is 0 Å². The molecule has 3 heteroatoms. The van der Waals surface area contributed by atoms with Gasteiger partial charge >= 0.3 is 0 Å². The van der Waals surface area contributed by atoms with E-state index < -0.39 is 0 Å². The van der Waals surface area contributed by atoms with Crippen molar-refractivity contribution in [3.8, 4) is 0 Å². The van der Waals surface area contributed by atoms with Gasteiger partial charge in [-0.05, 0) is 73.8 Å². The average Bonchev–Trinajstić information content (AvgIpc) is 2.79. The zero-order valence-corrected chi connectivity index (χ0v) is 15.9. The lowest BCUT2D eigenvalue weighted by Crippen LogP contribution is -2.28. The van der Waals surface area contributed by atoms with Crippen molar-refractivity contribution in [1.29, 1.82) is 0 Å². The maximum Gasteiger partial charge on any atom is 0.0891 e. The summed E-state index contributed by atoms with van der Waals surface area (Å²) in [4.78, 5) is 2.18. The van der Waals surface area contributed by atoms with Crippen LogP contribution in [0, 0.1) is 0 Å². The molecule has 0 saturated heterocycles. The van der Waals surface area contributed by atoms with Crippen LogP contribution in [0.3, 0.4) is 0 Å². The number of hydrogen-bond acceptors (Lipinski definition) is 3. The predicted molar refractivity (Wildman–Crippen MR) is 109 cm³/mol. The molecule has 0 aliphatic heterocycles. The SMILES string of the molecule is CN(C)CC(C=C1c2ccccc2CCc2ccccc21)OCCCN. The van der Waals surface area contributed by atoms with Crippen LogP contribution in [0.4, 0.5) is 0 Å². The average molecular weight is 351 g/mol. The van der Waals surface area contributed by atoms with Crippen molar-refractivity contribution in [2.45, 2.75) is 25.4 Å². The van der Waals surface area contributed by atoms with E-state index in [1.165, 1.54) is 27.8 Å². The Bertz CT molecular complexity index is 702. The van der Waals surface area contributed by atoms with Crippen LogP contribution >= 0.6 is 0 Å². The molecule has 2 N–H and O–H groups in total. The molecule has 0 spiro atoms. The molecule has 3 nitrogen and oxygen atoms in total. The molecule has 0 fully saturated rings. The van der Waals surface area contributed by atoms with Crippen molar-refractivity contribution in [3.05, 3.63) is 76.9 Å². The first-order chi connectivity index (χ1) is 12.7. The largest absolute Gasteiger partial charge is 0.373 e. The molecular formula is C23H30N2O. The van der Waals surface area contributed by atoms with Gasteiger partial charge in [-0.25, -0.2) is 0 Å². The van der Waals surface area contributed by atoms with Crippen LogP contribution in [0.2, 0.25) is 0 Å². The van der Waals surface area contributed by atoms with Gasteiger partial charge in [-0.1, -0.05) is 48.5 Å². The highest BCUT2D eigenvalue weighted by Crippen LogP contribution is 2.34. The summed E-state index contributed by atoms with van der Waals surface area (Å²) in [7, 11) is 4.18. The van der Waals surface area contributed by atoms with E-state index in [1.54, 1.807) is 0 Å². The number of fused-ring (bicyclic) bond motifs is 2. The van der Waals surface area contributed by atoms with Crippen LogP contribution in [-0.4, -0.2) is 44.8 Å². The van der Waals surface area contributed by atoms with Crippen LogP contribution in [0.5, 0.6) is 0 Å². The van der Waals surface area contributed by atoms with E-state index in [2.05, 4.69) is 73.6 Å². The van der Waals surface area contributed by atoms with Gasteiger partial charge in [0.25, 0.3) is 0 Å². The minimum absolute atomic E-state index is 0.0470. The highest BCUT2D eigenvalue weighted by molar-refractivity contribution is 5.84. The van der Waals surface area contributed by atoms with Gasteiger partial charge in [-0.2, -0.15) is 0 Å². The van der Waals surface area contributed by atoms with E-state index in [0.717, 1.165) is 25.8 Å². The molecule has 2 aromatic rings. The molecule has 1 aliphatic rings. The second-order valence-corrected chi connectivity index (χ2v) is 7.21. The summed E-state index contributed by atoms with van der Waals surface area (Å²) in [5.74, 6) is 0. The normalized spacial score (nSPS) is 14.5. The Kier molecular flexibility index (Phi) is 6.62. The van der Waals surface area contributed by atoms with Crippen molar-refractivity contribution in [2.24, 2.45) is 5.73 Å². The fraction of sp³-hybridized carbons (Fsp3) is 0.391. The van der Waals surface area contributed by atoms with E-state index >= 15 is 0 Å². The summed E-state index contributed by atoms with van der Waals surface area (Å²) in [5.41, 5.74) is 12.4. The Balaban J connectivity index is 2.03.